The molecule has 0 aliphatic carbocycles. The zero-order valence-corrected chi connectivity index (χ0v) is 15.6. The summed E-state index contributed by atoms with van der Waals surface area (Å²) in [4.78, 5) is 20.0. The van der Waals surface area contributed by atoms with Gasteiger partial charge in [0.25, 0.3) is 5.91 Å². The van der Waals surface area contributed by atoms with Crippen molar-refractivity contribution in [2.75, 3.05) is 19.6 Å². The summed E-state index contributed by atoms with van der Waals surface area (Å²) in [5.41, 5.74) is 1.62. The maximum atomic E-state index is 12.7. The molecule has 0 aliphatic heterocycles. The minimum absolute atomic E-state index is 0.0980. The monoisotopic (exact) mass is 420 g/mol. The highest BCUT2D eigenvalue weighted by Gasteiger charge is 2.34. The molecular formula is C16H16ClF3N4O4. The lowest BCUT2D eigenvalue weighted by atomic mass is 10.2. The summed E-state index contributed by atoms with van der Waals surface area (Å²) < 4.78 is 39.0. The van der Waals surface area contributed by atoms with Gasteiger partial charge in [-0.25, -0.2) is 10.0 Å². The fourth-order valence-corrected chi connectivity index (χ4v) is 2.42. The van der Waals surface area contributed by atoms with E-state index in [1.807, 2.05) is 0 Å². The minimum Gasteiger partial charge on any atom is -0.493 e. The Bertz CT molecular complexity index is 928. The average Bonchev–Trinajstić information content (AvgIpc) is 2.81. The largest absolute Gasteiger partial charge is 0.493 e. The second kappa shape index (κ2) is 7.98. The Hall–Kier alpha value is -2.92. The molecule has 1 amide bonds. The third-order valence-electron chi connectivity index (χ3n) is 3.76. The molecule has 2 heterocycles. The van der Waals surface area contributed by atoms with Crippen molar-refractivity contribution in [3.05, 3.63) is 40.1 Å². The molecule has 8 nitrogen and oxygen atoms in total. The van der Waals surface area contributed by atoms with Gasteiger partial charge in [-0.05, 0) is 25.1 Å². The van der Waals surface area contributed by atoms with Crippen molar-refractivity contribution in [2.45, 2.75) is 13.1 Å². The van der Waals surface area contributed by atoms with Crippen molar-refractivity contribution in [3.8, 4) is 11.8 Å². The molecule has 0 saturated carbocycles. The Morgan fingerprint density at radius 3 is 2.54 bits per heavy atom. The Morgan fingerprint density at radius 2 is 2.00 bits per heavy atom. The van der Waals surface area contributed by atoms with Crippen molar-refractivity contribution < 1.29 is 33.0 Å². The number of anilines is 1. The molecule has 0 atom stereocenters. The normalized spacial score (nSPS) is 11.8. The number of rotatable bonds is 5. The van der Waals surface area contributed by atoms with Gasteiger partial charge in [0.2, 0.25) is 11.8 Å². The fourth-order valence-electron chi connectivity index (χ4n) is 2.15. The molecular weight excluding hydrogens is 405 g/mol. The van der Waals surface area contributed by atoms with E-state index in [0.29, 0.717) is 6.07 Å². The number of halogens is 4. The molecule has 0 aromatic carbocycles. The van der Waals surface area contributed by atoms with Gasteiger partial charge in [0.15, 0.2) is 0 Å². The first-order valence-electron chi connectivity index (χ1n) is 7.61. The van der Waals surface area contributed by atoms with Crippen LogP contribution in [0.3, 0.4) is 0 Å². The van der Waals surface area contributed by atoms with Gasteiger partial charge in [0.1, 0.15) is 11.0 Å². The van der Waals surface area contributed by atoms with E-state index in [4.69, 9.17) is 16.4 Å². The highest BCUT2D eigenvalue weighted by atomic mass is 35.5. The third kappa shape index (κ3) is 4.31. The van der Waals surface area contributed by atoms with E-state index in [-0.39, 0.29) is 16.9 Å². The van der Waals surface area contributed by atoms with E-state index in [1.54, 1.807) is 0 Å². The molecule has 2 aromatic heterocycles. The summed E-state index contributed by atoms with van der Waals surface area (Å²) in [5, 5.41) is 20.6. The summed E-state index contributed by atoms with van der Waals surface area (Å²) >= 11 is 5.55. The molecule has 0 spiro atoms. The number of likely N-dealkylation sites (N-methyl/N-ethyl adjacent to an activating group) is 1. The molecule has 0 bridgehead atoms. The van der Waals surface area contributed by atoms with Gasteiger partial charge >= 0.3 is 6.18 Å². The topological polar surface area (TPSA) is 99.8 Å². The highest BCUT2D eigenvalue weighted by Crippen LogP contribution is 2.36. The van der Waals surface area contributed by atoms with E-state index in [0.717, 1.165) is 21.9 Å². The summed E-state index contributed by atoms with van der Waals surface area (Å²) in [6, 6.07) is 1.69. The highest BCUT2D eigenvalue weighted by molar-refractivity contribution is 6.30. The number of aromatic hydroxyl groups is 2. The third-order valence-corrected chi connectivity index (χ3v) is 4.05. The number of carbonyl (C=O) groups is 1. The molecule has 0 aliphatic rings. The number of nitrogens with zero attached hydrogens (tertiary/aromatic N) is 3. The van der Waals surface area contributed by atoms with Crippen LogP contribution in [0.1, 0.15) is 16.7 Å². The number of nitrogens with one attached hydrogen (secondary N) is 1. The van der Waals surface area contributed by atoms with Gasteiger partial charge in [0.05, 0.1) is 12.7 Å². The molecule has 28 heavy (non-hydrogen) atoms. The number of aromatic nitrogens is 2. The van der Waals surface area contributed by atoms with Crippen LogP contribution in [0.4, 0.5) is 19.0 Å². The van der Waals surface area contributed by atoms with Gasteiger partial charge in [-0.1, -0.05) is 11.6 Å². The lowest BCUT2D eigenvalue weighted by Gasteiger charge is -2.12. The SMILES string of the molecule is CON(C)C(=O)C=Cc1c(C)c(O)n(Nc2ccc(C(F)(F)F)c(Cl)n2)c1O. The van der Waals surface area contributed by atoms with Crippen LogP contribution in [0.15, 0.2) is 18.2 Å². The number of amides is 1. The first-order valence-corrected chi connectivity index (χ1v) is 7.99. The predicted molar refractivity (Wildman–Crippen MR) is 94.6 cm³/mol. The summed E-state index contributed by atoms with van der Waals surface area (Å²) in [5.74, 6) is -1.64. The number of hydrogen-bond donors (Lipinski definition) is 3. The van der Waals surface area contributed by atoms with Gasteiger partial charge in [0, 0.05) is 24.3 Å². The van der Waals surface area contributed by atoms with Crippen LogP contribution in [0.2, 0.25) is 5.15 Å². The zero-order chi connectivity index (χ0) is 21.2. The van der Waals surface area contributed by atoms with E-state index >= 15 is 0 Å². The van der Waals surface area contributed by atoms with E-state index in [9.17, 15) is 28.2 Å². The maximum absolute atomic E-state index is 12.7. The molecule has 152 valence electrons. The Labute approximate surface area is 162 Å². The second-order valence-corrected chi connectivity index (χ2v) is 5.88. The maximum Gasteiger partial charge on any atom is 0.419 e. The van der Waals surface area contributed by atoms with Crippen molar-refractivity contribution in [2.24, 2.45) is 0 Å². The van der Waals surface area contributed by atoms with Crippen LogP contribution < -0.4 is 5.43 Å². The van der Waals surface area contributed by atoms with Crippen molar-refractivity contribution >= 4 is 29.4 Å². The quantitative estimate of drug-likeness (QED) is 0.390. The summed E-state index contributed by atoms with van der Waals surface area (Å²) in [6.07, 6.45) is -2.33. The van der Waals surface area contributed by atoms with Crippen LogP contribution in [0.25, 0.3) is 6.08 Å². The summed E-state index contributed by atoms with van der Waals surface area (Å²) in [7, 11) is 2.67. The Morgan fingerprint density at radius 1 is 1.36 bits per heavy atom. The molecule has 2 rings (SSSR count). The van der Waals surface area contributed by atoms with E-state index in [2.05, 4.69) is 10.4 Å². The fraction of sp³-hybridized carbons (Fsp3) is 0.250. The van der Waals surface area contributed by atoms with Crippen molar-refractivity contribution in [3.63, 3.8) is 0 Å². The number of hydroxylamine groups is 2. The van der Waals surface area contributed by atoms with Crippen LogP contribution in [0.5, 0.6) is 11.8 Å². The zero-order valence-electron chi connectivity index (χ0n) is 14.9. The van der Waals surface area contributed by atoms with Gasteiger partial charge < -0.3 is 10.2 Å². The first kappa shape index (κ1) is 21.4. The standard InChI is InChI=1S/C16H16ClF3N4O4/c1-8-9(4-7-12(25)23(2)28-3)15(27)24(14(8)26)22-11-6-5-10(13(17)21-11)16(18,19)20/h4-7,26-27H,1-3H3,(H,21,22). The molecule has 0 unspecified atom stereocenters. The molecule has 3 N–H and O–H groups in total. The van der Waals surface area contributed by atoms with Crippen LogP contribution >= 0.6 is 11.6 Å². The molecule has 12 heteroatoms. The van der Waals surface area contributed by atoms with Gasteiger partial charge in [-0.2, -0.15) is 17.8 Å². The lowest BCUT2D eigenvalue weighted by Crippen LogP contribution is -2.22. The predicted octanol–water partition coefficient (Wildman–Crippen LogP) is 3.18. The molecule has 0 radical (unpaired) electrons. The van der Waals surface area contributed by atoms with Gasteiger partial charge in [-0.3, -0.25) is 15.1 Å². The van der Waals surface area contributed by atoms with Crippen LogP contribution in [-0.2, 0) is 15.8 Å². The number of pyridine rings is 1. The van der Waals surface area contributed by atoms with Crippen molar-refractivity contribution in [1.82, 2.24) is 14.7 Å². The minimum atomic E-state index is -4.67. The number of carbonyl (C=O) groups excluding carboxylic acids is 1. The number of hydrogen-bond acceptors (Lipinski definition) is 6. The molecule has 0 fully saturated rings. The number of alkyl halides is 3. The molecule has 0 saturated heterocycles. The Balaban J connectivity index is 2.35. The van der Waals surface area contributed by atoms with Crippen molar-refractivity contribution in [1.29, 1.82) is 0 Å². The van der Waals surface area contributed by atoms with Crippen LogP contribution in [0, 0.1) is 6.92 Å². The average molecular weight is 421 g/mol. The van der Waals surface area contributed by atoms with E-state index in [1.165, 1.54) is 27.2 Å². The van der Waals surface area contributed by atoms with Gasteiger partial charge in [-0.15, -0.1) is 0 Å². The smallest absolute Gasteiger partial charge is 0.419 e. The second-order valence-electron chi connectivity index (χ2n) is 5.52. The lowest BCUT2D eigenvalue weighted by molar-refractivity contribution is -0.162. The first-order chi connectivity index (χ1) is 13.0. The summed E-state index contributed by atoms with van der Waals surface area (Å²) in [6.45, 7) is 1.46. The van der Waals surface area contributed by atoms with Crippen LogP contribution in [-0.4, -0.2) is 45.0 Å². The Kier molecular flexibility index (Phi) is 6.10. The molecule has 2 aromatic rings. The van der Waals surface area contributed by atoms with E-state index < -0.39 is 34.6 Å².